The Labute approximate surface area is 213 Å². The van der Waals surface area contributed by atoms with E-state index in [-0.39, 0.29) is 11.1 Å². The fraction of sp³-hybridized carbons (Fsp3) is 0.172. The quantitative estimate of drug-likeness (QED) is 0.202. The summed E-state index contributed by atoms with van der Waals surface area (Å²) in [5, 5.41) is 0. The molecule has 0 N–H and O–H groups in total. The highest BCUT2D eigenvalue weighted by Crippen LogP contribution is 2.30. The van der Waals surface area contributed by atoms with Crippen molar-refractivity contribution in [2.24, 2.45) is 0 Å². The maximum atomic E-state index is 12.9. The van der Waals surface area contributed by atoms with Crippen molar-refractivity contribution in [3.63, 3.8) is 0 Å². The third-order valence-electron chi connectivity index (χ3n) is 5.60. The van der Waals surface area contributed by atoms with Gasteiger partial charge >= 0.3 is 17.9 Å². The summed E-state index contributed by atoms with van der Waals surface area (Å²) in [4.78, 5) is 50.8. The lowest BCUT2D eigenvalue weighted by molar-refractivity contribution is -0.128. The lowest BCUT2D eigenvalue weighted by atomic mass is 10.0. The van der Waals surface area contributed by atoms with E-state index in [9.17, 15) is 19.2 Å². The molecule has 8 nitrogen and oxygen atoms in total. The molecule has 1 heterocycles. The van der Waals surface area contributed by atoms with E-state index in [0.717, 1.165) is 0 Å². The first kappa shape index (κ1) is 25.4. The van der Waals surface area contributed by atoms with Gasteiger partial charge in [-0.1, -0.05) is 54.6 Å². The number of carbonyl (C=O) groups excluding carboxylic acids is 4. The minimum atomic E-state index is -1.44. The summed E-state index contributed by atoms with van der Waals surface area (Å²) >= 11 is 0. The van der Waals surface area contributed by atoms with E-state index in [1.807, 2.05) is 5.92 Å². The Kier molecular flexibility index (Phi) is 8.08. The molecule has 1 aliphatic rings. The lowest BCUT2D eigenvalue weighted by Crippen LogP contribution is -2.43. The van der Waals surface area contributed by atoms with Crippen LogP contribution in [0.2, 0.25) is 0 Å². The van der Waals surface area contributed by atoms with Gasteiger partial charge in [-0.25, -0.2) is 14.4 Å². The minimum absolute atomic E-state index is 0.210. The summed E-state index contributed by atoms with van der Waals surface area (Å²) in [6.07, 6.45) is 0.0589. The van der Waals surface area contributed by atoms with Crippen molar-refractivity contribution in [3.8, 4) is 12.3 Å². The maximum Gasteiger partial charge on any atom is 0.338 e. The predicted octanol–water partition coefficient (Wildman–Crippen LogP) is 3.26. The summed E-state index contributed by atoms with van der Waals surface area (Å²) in [5.41, 5.74) is 0.727. The van der Waals surface area contributed by atoms with Crippen LogP contribution in [0.3, 0.4) is 0 Å². The molecule has 0 saturated carbocycles. The molecule has 1 unspecified atom stereocenters. The third kappa shape index (κ3) is 6.10. The van der Waals surface area contributed by atoms with Crippen molar-refractivity contribution in [1.82, 2.24) is 0 Å². The van der Waals surface area contributed by atoms with Gasteiger partial charge < -0.3 is 18.9 Å². The summed E-state index contributed by atoms with van der Waals surface area (Å²) in [6, 6.07) is 24.4. The first-order valence-corrected chi connectivity index (χ1v) is 11.4. The molecule has 1 saturated heterocycles. The van der Waals surface area contributed by atoms with Crippen molar-refractivity contribution < 1.29 is 38.1 Å². The van der Waals surface area contributed by atoms with E-state index in [4.69, 9.17) is 25.4 Å². The predicted molar refractivity (Wildman–Crippen MR) is 131 cm³/mol. The second-order valence-electron chi connectivity index (χ2n) is 8.04. The first-order chi connectivity index (χ1) is 18.0. The lowest BCUT2D eigenvalue weighted by Gasteiger charge is -2.24. The highest BCUT2D eigenvalue weighted by atomic mass is 16.7. The number of carbonyl (C=O) groups is 4. The molecule has 0 amide bonds. The Morgan fingerprint density at radius 1 is 0.676 bits per heavy atom. The third-order valence-corrected chi connectivity index (χ3v) is 5.60. The molecule has 1 fully saturated rings. The molecule has 37 heavy (non-hydrogen) atoms. The molecule has 3 aromatic rings. The largest absolute Gasteiger partial charge is 0.459 e. The zero-order chi connectivity index (χ0) is 26.2. The SMILES string of the molecule is C#CC(=O)C1O[C@H](COC(=O)c2ccccc2)[C@@H](OC(=O)c2ccccc2)[C@H]1OC(=O)c1ccccc1. The second-order valence-corrected chi connectivity index (χ2v) is 8.04. The zero-order valence-corrected chi connectivity index (χ0v) is 19.5. The number of rotatable bonds is 8. The van der Waals surface area contributed by atoms with Gasteiger partial charge in [0.25, 0.3) is 0 Å². The van der Waals surface area contributed by atoms with Gasteiger partial charge in [-0.3, -0.25) is 4.79 Å². The van der Waals surface area contributed by atoms with E-state index >= 15 is 0 Å². The Bertz CT molecular complexity index is 1300. The van der Waals surface area contributed by atoms with Crippen LogP contribution in [-0.2, 0) is 23.7 Å². The van der Waals surface area contributed by atoms with Gasteiger partial charge in [0.05, 0.1) is 16.7 Å². The average molecular weight is 498 g/mol. The Morgan fingerprint density at radius 2 is 1.11 bits per heavy atom. The molecular weight excluding hydrogens is 476 g/mol. The summed E-state index contributed by atoms with van der Waals surface area (Å²) in [6.45, 7) is -0.395. The molecule has 4 atom stereocenters. The fourth-order valence-corrected chi connectivity index (χ4v) is 3.77. The van der Waals surface area contributed by atoms with Crippen LogP contribution in [0.5, 0.6) is 0 Å². The van der Waals surface area contributed by atoms with Gasteiger partial charge in [0, 0.05) is 0 Å². The highest BCUT2D eigenvalue weighted by molar-refractivity contribution is 6.00. The monoisotopic (exact) mass is 498 g/mol. The molecular formula is C29H22O8. The van der Waals surface area contributed by atoms with E-state index in [2.05, 4.69) is 0 Å². The number of hydrogen-bond acceptors (Lipinski definition) is 8. The summed E-state index contributed by atoms with van der Waals surface area (Å²) in [5.74, 6) is -1.02. The van der Waals surface area contributed by atoms with Crippen LogP contribution in [0.25, 0.3) is 0 Å². The molecule has 1 aliphatic heterocycles. The number of esters is 3. The summed E-state index contributed by atoms with van der Waals surface area (Å²) in [7, 11) is 0. The van der Waals surface area contributed by atoms with Gasteiger partial charge in [-0.15, -0.1) is 6.42 Å². The van der Waals surface area contributed by atoms with Crippen LogP contribution in [0.1, 0.15) is 31.1 Å². The molecule has 0 aromatic heterocycles. The van der Waals surface area contributed by atoms with Gasteiger partial charge in [0.15, 0.2) is 18.3 Å². The molecule has 186 valence electrons. The van der Waals surface area contributed by atoms with Crippen LogP contribution in [0.15, 0.2) is 91.0 Å². The van der Waals surface area contributed by atoms with E-state index < -0.39 is 54.7 Å². The van der Waals surface area contributed by atoms with Crippen molar-refractivity contribution in [2.45, 2.75) is 24.4 Å². The van der Waals surface area contributed by atoms with Crippen LogP contribution in [-0.4, -0.2) is 54.7 Å². The van der Waals surface area contributed by atoms with Crippen molar-refractivity contribution in [1.29, 1.82) is 0 Å². The van der Waals surface area contributed by atoms with Crippen LogP contribution in [0, 0.1) is 12.3 Å². The van der Waals surface area contributed by atoms with Crippen LogP contribution < -0.4 is 0 Å². The maximum absolute atomic E-state index is 12.9. The van der Waals surface area contributed by atoms with Crippen LogP contribution >= 0.6 is 0 Å². The average Bonchev–Trinajstić information content (AvgIpc) is 3.28. The first-order valence-electron chi connectivity index (χ1n) is 11.4. The fourth-order valence-electron chi connectivity index (χ4n) is 3.77. The Morgan fingerprint density at radius 3 is 1.57 bits per heavy atom. The van der Waals surface area contributed by atoms with E-state index in [0.29, 0.717) is 5.56 Å². The van der Waals surface area contributed by atoms with E-state index in [1.165, 1.54) is 24.3 Å². The smallest absolute Gasteiger partial charge is 0.338 e. The number of hydrogen-bond donors (Lipinski definition) is 0. The minimum Gasteiger partial charge on any atom is -0.459 e. The number of terminal acetylenes is 1. The molecule has 0 bridgehead atoms. The number of ether oxygens (including phenoxy) is 4. The van der Waals surface area contributed by atoms with Crippen molar-refractivity contribution in [3.05, 3.63) is 108 Å². The topological polar surface area (TPSA) is 105 Å². The Hall–Kier alpha value is -4.74. The number of Topliss-reactive ketones (excluding diaryl/α,β-unsaturated/α-hetero) is 1. The summed E-state index contributed by atoms with van der Waals surface area (Å²) < 4.78 is 22.4. The number of benzene rings is 3. The molecule has 3 aromatic carbocycles. The van der Waals surface area contributed by atoms with Gasteiger partial charge in [-0.05, 0) is 42.3 Å². The van der Waals surface area contributed by atoms with E-state index in [1.54, 1.807) is 66.7 Å². The normalized spacial score (nSPS) is 20.3. The molecule has 0 spiro atoms. The molecule has 8 heteroatoms. The van der Waals surface area contributed by atoms with Crippen molar-refractivity contribution in [2.75, 3.05) is 6.61 Å². The highest BCUT2D eigenvalue weighted by Gasteiger charge is 2.52. The van der Waals surface area contributed by atoms with Gasteiger partial charge in [-0.2, -0.15) is 0 Å². The molecule has 0 aliphatic carbocycles. The number of ketones is 1. The second kappa shape index (κ2) is 11.8. The standard InChI is InChI=1S/C29H22O8/c1-2-22(30)24-26(37-29(33)21-16-10-5-11-17-21)25(36-28(32)20-14-8-4-9-15-20)23(35-24)18-34-27(31)19-12-6-3-7-13-19/h1,3-17,23-26H,18H2/t23-,24?,25-,26+/m1/s1. The Balaban J connectivity index is 1.60. The molecule has 4 rings (SSSR count). The molecule has 0 radical (unpaired) electrons. The zero-order valence-electron chi connectivity index (χ0n) is 19.5. The van der Waals surface area contributed by atoms with Gasteiger partial charge in [0.1, 0.15) is 12.7 Å². The van der Waals surface area contributed by atoms with Crippen LogP contribution in [0.4, 0.5) is 0 Å². The van der Waals surface area contributed by atoms with Gasteiger partial charge in [0.2, 0.25) is 5.78 Å². The van der Waals surface area contributed by atoms with Crippen molar-refractivity contribution >= 4 is 23.7 Å².